The Morgan fingerprint density at radius 3 is 1.42 bits per heavy atom. The number of aromatic hydroxyl groups is 1. The number of benzene rings is 6. The van der Waals surface area contributed by atoms with Crippen molar-refractivity contribution in [2.45, 2.75) is 0 Å². The Bertz CT molecular complexity index is 1520. The van der Waals surface area contributed by atoms with E-state index < -0.39 is 0 Å². The molecule has 0 unspecified atom stereocenters. The molecule has 0 spiro atoms. The summed E-state index contributed by atoms with van der Waals surface area (Å²) in [5, 5.41) is 17.2. The molecule has 0 saturated carbocycles. The van der Waals surface area contributed by atoms with Crippen LogP contribution in [0.25, 0.3) is 54.6 Å². The number of hydrogen-bond acceptors (Lipinski definition) is 1. The normalized spacial score (nSPS) is 11.4. The minimum absolute atomic E-state index is 0.283. The van der Waals surface area contributed by atoms with Gasteiger partial charge in [-0.2, -0.15) is 0 Å². The molecule has 31 heavy (non-hydrogen) atoms. The average molecular weight is 396 g/mol. The van der Waals surface area contributed by atoms with Crippen molar-refractivity contribution in [1.29, 1.82) is 0 Å². The number of rotatable bonds is 2. The molecule has 0 aliphatic rings. The summed E-state index contributed by atoms with van der Waals surface area (Å²) in [6.45, 7) is 0. The molecule has 0 bridgehead atoms. The molecule has 1 N–H and O–H groups in total. The first kappa shape index (κ1) is 17.7. The van der Waals surface area contributed by atoms with E-state index in [0.717, 1.165) is 5.56 Å². The van der Waals surface area contributed by atoms with Crippen LogP contribution in [0.4, 0.5) is 0 Å². The van der Waals surface area contributed by atoms with Crippen LogP contribution in [0.1, 0.15) is 0 Å². The standard InChI is InChI=1S/C30H20O/c31-24-17-15-21(16-18-24)29-25-9-3-5-11-27(25)30(28-12-6-4-10-26(28)29)23-14-13-20-7-1-2-8-22(20)19-23/h1-19,31H. The van der Waals surface area contributed by atoms with Gasteiger partial charge in [0.05, 0.1) is 0 Å². The van der Waals surface area contributed by atoms with Crippen LogP contribution in [0.2, 0.25) is 0 Å². The lowest BCUT2D eigenvalue weighted by Gasteiger charge is -2.18. The molecule has 146 valence electrons. The van der Waals surface area contributed by atoms with E-state index in [2.05, 4.69) is 91.0 Å². The third-order valence-electron chi connectivity index (χ3n) is 6.13. The van der Waals surface area contributed by atoms with E-state index in [-0.39, 0.29) is 5.75 Å². The maximum atomic E-state index is 9.81. The second-order valence-electron chi connectivity index (χ2n) is 7.95. The minimum Gasteiger partial charge on any atom is -0.508 e. The summed E-state index contributed by atoms with van der Waals surface area (Å²) in [4.78, 5) is 0. The Balaban J connectivity index is 1.76. The second-order valence-corrected chi connectivity index (χ2v) is 7.95. The summed E-state index contributed by atoms with van der Waals surface area (Å²) in [6.07, 6.45) is 0. The number of phenolic OH excluding ortho intramolecular Hbond substituents is 1. The van der Waals surface area contributed by atoms with Crippen LogP contribution in [0.15, 0.2) is 115 Å². The fourth-order valence-electron chi connectivity index (χ4n) is 4.72. The summed E-state index contributed by atoms with van der Waals surface area (Å²) in [5.41, 5.74) is 4.80. The van der Waals surface area contributed by atoms with Crippen LogP contribution in [-0.4, -0.2) is 5.11 Å². The van der Waals surface area contributed by atoms with E-state index >= 15 is 0 Å². The summed E-state index contributed by atoms with van der Waals surface area (Å²) in [7, 11) is 0. The zero-order valence-corrected chi connectivity index (χ0v) is 16.9. The molecule has 0 aliphatic carbocycles. The van der Waals surface area contributed by atoms with Crippen molar-refractivity contribution in [3.05, 3.63) is 115 Å². The van der Waals surface area contributed by atoms with Gasteiger partial charge >= 0.3 is 0 Å². The molecule has 6 rings (SSSR count). The Kier molecular flexibility index (Phi) is 4.00. The molecule has 6 aromatic rings. The summed E-state index contributed by atoms with van der Waals surface area (Å²) in [5.74, 6) is 0.283. The molecule has 6 aromatic carbocycles. The monoisotopic (exact) mass is 396 g/mol. The molecular formula is C30H20O. The van der Waals surface area contributed by atoms with Crippen molar-refractivity contribution in [3.8, 4) is 28.0 Å². The van der Waals surface area contributed by atoms with Crippen molar-refractivity contribution in [2.24, 2.45) is 0 Å². The minimum atomic E-state index is 0.283. The lowest BCUT2D eigenvalue weighted by molar-refractivity contribution is 0.475. The zero-order valence-electron chi connectivity index (χ0n) is 16.9. The fourth-order valence-corrected chi connectivity index (χ4v) is 4.72. The fraction of sp³-hybridized carbons (Fsp3) is 0. The predicted octanol–water partition coefficient (Wildman–Crippen LogP) is 8.19. The predicted molar refractivity (Wildman–Crippen MR) is 131 cm³/mol. The second kappa shape index (κ2) is 7.00. The quantitative estimate of drug-likeness (QED) is 0.293. The number of fused-ring (bicyclic) bond motifs is 3. The average Bonchev–Trinajstić information content (AvgIpc) is 2.83. The molecule has 0 heterocycles. The Hall–Kier alpha value is -4.10. The zero-order chi connectivity index (χ0) is 20.8. The Labute approximate surface area is 180 Å². The van der Waals surface area contributed by atoms with Gasteiger partial charge in [-0.25, -0.2) is 0 Å². The van der Waals surface area contributed by atoms with Crippen LogP contribution in [0.3, 0.4) is 0 Å². The van der Waals surface area contributed by atoms with E-state index in [0.29, 0.717) is 0 Å². The van der Waals surface area contributed by atoms with Gasteiger partial charge in [-0.05, 0) is 72.8 Å². The van der Waals surface area contributed by atoms with Gasteiger partial charge in [0.1, 0.15) is 5.75 Å². The first-order chi connectivity index (χ1) is 15.3. The molecule has 1 heteroatoms. The Morgan fingerprint density at radius 1 is 0.387 bits per heavy atom. The van der Waals surface area contributed by atoms with Gasteiger partial charge in [0.2, 0.25) is 0 Å². The van der Waals surface area contributed by atoms with Crippen LogP contribution in [0, 0.1) is 0 Å². The topological polar surface area (TPSA) is 20.2 Å². The van der Waals surface area contributed by atoms with Gasteiger partial charge in [0.25, 0.3) is 0 Å². The van der Waals surface area contributed by atoms with E-state index in [4.69, 9.17) is 0 Å². The lowest BCUT2D eigenvalue weighted by Crippen LogP contribution is -1.90. The maximum Gasteiger partial charge on any atom is 0.115 e. The highest BCUT2D eigenvalue weighted by molar-refractivity contribution is 6.21. The molecule has 0 radical (unpaired) electrons. The van der Waals surface area contributed by atoms with Crippen molar-refractivity contribution >= 4 is 32.3 Å². The summed E-state index contributed by atoms with van der Waals surface area (Å²) >= 11 is 0. The molecule has 1 nitrogen and oxygen atoms in total. The summed E-state index contributed by atoms with van der Waals surface area (Å²) in [6, 6.07) is 40.0. The van der Waals surface area contributed by atoms with E-state index in [9.17, 15) is 5.11 Å². The molecule has 0 fully saturated rings. The van der Waals surface area contributed by atoms with Gasteiger partial charge < -0.3 is 5.11 Å². The molecule has 0 aromatic heterocycles. The van der Waals surface area contributed by atoms with Gasteiger partial charge in [0, 0.05) is 0 Å². The van der Waals surface area contributed by atoms with E-state index in [1.165, 1.54) is 49.0 Å². The third kappa shape index (κ3) is 2.86. The number of hydrogen-bond donors (Lipinski definition) is 1. The van der Waals surface area contributed by atoms with E-state index in [1.807, 2.05) is 12.1 Å². The van der Waals surface area contributed by atoms with Gasteiger partial charge in [-0.15, -0.1) is 0 Å². The van der Waals surface area contributed by atoms with Crippen molar-refractivity contribution in [3.63, 3.8) is 0 Å². The highest BCUT2D eigenvalue weighted by atomic mass is 16.3. The molecular weight excluding hydrogens is 376 g/mol. The Morgan fingerprint density at radius 2 is 0.839 bits per heavy atom. The van der Waals surface area contributed by atoms with Gasteiger partial charge in [-0.1, -0.05) is 97.1 Å². The van der Waals surface area contributed by atoms with Crippen LogP contribution in [0.5, 0.6) is 5.75 Å². The van der Waals surface area contributed by atoms with Crippen LogP contribution in [-0.2, 0) is 0 Å². The van der Waals surface area contributed by atoms with E-state index in [1.54, 1.807) is 12.1 Å². The van der Waals surface area contributed by atoms with Gasteiger partial charge in [-0.3, -0.25) is 0 Å². The SMILES string of the molecule is Oc1ccc(-c2c3ccccc3c(-c3ccc4ccccc4c3)c3ccccc23)cc1. The van der Waals surface area contributed by atoms with Crippen LogP contribution < -0.4 is 0 Å². The first-order valence-electron chi connectivity index (χ1n) is 10.5. The lowest BCUT2D eigenvalue weighted by atomic mass is 9.85. The first-order valence-corrected chi connectivity index (χ1v) is 10.5. The smallest absolute Gasteiger partial charge is 0.115 e. The van der Waals surface area contributed by atoms with Crippen molar-refractivity contribution in [2.75, 3.05) is 0 Å². The highest BCUT2D eigenvalue weighted by Crippen LogP contribution is 2.44. The highest BCUT2D eigenvalue weighted by Gasteiger charge is 2.16. The van der Waals surface area contributed by atoms with Crippen molar-refractivity contribution in [1.82, 2.24) is 0 Å². The molecule has 0 aliphatic heterocycles. The molecule has 0 saturated heterocycles. The largest absolute Gasteiger partial charge is 0.508 e. The molecule has 0 amide bonds. The van der Waals surface area contributed by atoms with Crippen molar-refractivity contribution < 1.29 is 5.11 Å². The third-order valence-corrected chi connectivity index (χ3v) is 6.13. The maximum absolute atomic E-state index is 9.81. The number of phenols is 1. The van der Waals surface area contributed by atoms with Gasteiger partial charge in [0.15, 0.2) is 0 Å². The molecule has 0 atom stereocenters. The summed E-state index contributed by atoms with van der Waals surface area (Å²) < 4.78 is 0. The van der Waals surface area contributed by atoms with Crippen LogP contribution >= 0.6 is 0 Å².